The summed E-state index contributed by atoms with van der Waals surface area (Å²) in [6.45, 7) is 11.7. The van der Waals surface area contributed by atoms with Gasteiger partial charge < -0.3 is 20.1 Å². The Morgan fingerprint density at radius 1 is 1.26 bits per heavy atom. The molecule has 1 aromatic heterocycles. The van der Waals surface area contributed by atoms with Crippen molar-refractivity contribution in [3.05, 3.63) is 22.4 Å². The summed E-state index contributed by atoms with van der Waals surface area (Å²) in [7, 11) is 0. The predicted molar refractivity (Wildman–Crippen MR) is 141 cm³/mol. The maximum atomic E-state index is 5.86. The van der Waals surface area contributed by atoms with Crippen LogP contribution in [0, 0.1) is 11.8 Å². The zero-order valence-corrected chi connectivity index (χ0v) is 22.2. The summed E-state index contributed by atoms with van der Waals surface area (Å²) in [6.07, 6.45) is 5.85. The molecule has 0 radical (unpaired) electrons. The third kappa shape index (κ3) is 10.8. The number of halogens is 1. The Labute approximate surface area is 209 Å². The lowest BCUT2D eigenvalue weighted by molar-refractivity contribution is 0.0203. The fraction of sp³-hybridized carbons (Fsp3) is 0.783. The Bertz CT molecular complexity index is 596. The third-order valence-corrected chi connectivity index (χ3v) is 6.73. The number of likely N-dealkylation sites (tertiary alicyclic amines) is 1. The molecule has 0 saturated carbocycles. The maximum absolute atomic E-state index is 5.86. The average molecular weight is 565 g/mol. The SMILES string of the molecule is CCNC(=NCC1CCCN(Cc2cccs2)C1)NCCCOCC1CCOCC1.I. The van der Waals surface area contributed by atoms with Crippen molar-refractivity contribution in [3.8, 4) is 0 Å². The van der Waals surface area contributed by atoms with E-state index in [9.17, 15) is 0 Å². The van der Waals surface area contributed by atoms with Crippen LogP contribution < -0.4 is 10.6 Å². The van der Waals surface area contributed by atoms with Crippen molar-refractivity contribution in [2.75, 3.05) is 59.2 Å². The first-order chi connectivity index (χ1) is 14.8. The molecule has 3 heterocycles. The van der Waals surface area contributed by atoms with Crippen LogP contribution in [-0.4, -0.2) is 70.0 Å². The average Bonchev–Trinajstić information content (AvgIpc) is 3.28. The van der Waals surface area contributed by atoms with E-state index in [1.54, 1.807) is 0 Å². The summed E-state index contributed by atoms with van der Waals surface area (Å²) in [6, 6.07) is 4.39. The second kappa shape index (κ2) is 16.2. The predicted octanol–water partition coefficient (Wildman–Crippen LogP) is 3.97. The van der Waals surface area contributed by atoms with Crippen molar-refractivity contribution < 1.29 is 9.47 Å². The molecule has 2 fully saturated rings. The van der Waals surface area contributed by atoms with Gasteiger partial charge in [-0.05, 0) is 68.9 Å². The molecular weight excluding hydrogens is 523 g/mol. The number of hydrogen-bond donors (Lipinski definition) is 2. The van der Waals surface area contributed by atoms with E-state index in [0.29, 0.717) is 11.8 Å². The van der Waals surface area contributed by atoms with Gasteiger partial charge in [-0.2, -0.15) is 0 Å². The van der Waals surface area contributed by atoms with Crippen molar-refractivity contribution in [1.82, 2.24) is 15.5 Å². The number of nitrogens with zero attached hydrogens (tertiary/aromatic N) is 2. The summed E-state index contributed by atoms with van der Waals surface area (Å²) < 4.78 is 11.3. The van der Waals surface area contributed by atoms with Gasteiger partial charge in [-0.25, -0.2) is 0 Å². The standard InChI is InChI=1S/C23H40N4O2S.HI/c1-2-24-23(25-10-5-12-29-19-20-8-13-28-14-9-20)26-16-21-6-3-11-27(17-21)18-22-7-4-15-30-22;/h4,7,15,20-21H,2-3,5-6,8-14,16-19H2,1H3,(H2,24,25,26);1H. The second-order valence-electron chi connectivity index (χ2n) is 8.45. The lowest BCUT2D eigenvalue weighted by atomic mass is 9.98. The van der Waals surface area contributed by atoms with Crippen molar-refractivity contribution in [1.29, 1.82) is 0 Å². The highest BCUT2D eigenvalue weighted by atomic mass is 127. The highest BCUT2D eigenvalue weighted by Gasteiger charge is 2.20. The molecule has 0 spiro atoms. The first kappa shape index (κ1) is 26.8. The maximum Gasteiger partial charge on any atom is 0.191 e. The van der Waals surface area contributed by atoms with Gasteiger partial charge in [0.2, 0.25) is 0 Å². The molecule has 2 N–H and O–H groups in total. The molecule has 2 aliphatic heterocycles. The molecule has 1 aromatic rings. The van der Waals surface area contributed by atoms with Crippen LogP contribution in [-0.2, 0) is 16.0 Å². The van der Waals surface area contributed by atoms with Gasteiger partial charge in [0, 0.05) is 64.0 Å². The first-order valence-corrected chi connectivity index (χ1v) is 12.6. The van der Waals surface area contributed by atoms with Crippen LogP contribution in [0.5, 0.6) is 0 Å². The molecule has 8 heteroatoms. The Morgan fingerprint density at radius 2 is 2.13 bits per heavy atom. The molecule has 2 saturated heterocycles. The fourth-order valence-electron chi connectivity index (χ4n) is 4.17. The van der Waals surface area contributed by atoms with Crippen molar-refractivity contribution in [2.24, 2.45) is 16.8 Å². The Kier molecular flexibility index (Phi) is 14.0. The second-order valence-corrected chi connectivity index (χ2v) is 9.49. The lowest BCUT2D eigenvalue weighted by Gasteiger charge is -2.31. The highest BCUT2D eigenvalue weighted by Crippen LogP contribution is 2.20. The van der Waals surface area contributed by atoms with Crippen molar-refractivity contribution in [3.63, 3.8) is 0 Å². The number of thiophene rings is 1. The number of rotatable bonds is 11. The highest BCUT2D eigenvalue weighted by molar-refractivity contribution is 14.0. The van der Waals surface area contributed by atoms with Crippen LogP contribution in [0.3, 0.4) is 0 Å². The van der Waals surface area contributed by atoms with Gasteiger partial charge in [-0.3, -0.25) is 9.89 Å². The Hall–Kier alpha value is -0.420. The topological polar surface area (TPSA) is 58.1 Å². The van der Waals surface area contributed by atoms with Gasteiger partial charge in [0.05, 0.1) is 0 Å². The molecule has 178 valence electrons. The van der Waals surface area contributed by atoms with E-state index in [-0.39, 0.29) is 24.0 Å². The molecule has 0 aliphatic carbocycles. The first-order valence-electron chi connectivity index (χ1n) is 11.8. The lowest BCUT2D eigenvalue weighted by Crippen LogP contribution is -2.40. The van der Waals surface area contributed by atoms with E-state index in [1.807, 2.05) is 11.3 Å². The number of aliphatic imine (C=N–C) groups is 1. The minimum Gasteiger partial charge on any atom is -0.381 e. The van der Waals surface area contributed by atoms with E-state index in [0.717, 1.165) is 84.4 Å². The van der Waals surface area contributed by atoms with Crippen LogP contribution in [0.15, 0.2) is 22.5 Å². The molecule has 31 heavy (non-hydrogen) atoms. The number of ether oxygens (including phenoxy) is 2. The minimum atomic E-state index is 0. The van der Waals surface area contributed by atoms with Gasteiger partial charge in [0.1, 0.15) is 0 Å². The van der Waals surface area contributed by atoms with E-state index in [1.165, 1.54) is 24.3 Å². The smallest absolute Gasteiger partial charge is 0.191 e. The molecule has 6 nitrogen and oxygen atoms in total. The summed E-state index contributed by atoms with van der Waals surface area (Å²) in [5, 5.41) is 9.03. The number of hydrogen-bond acceptors (Lipinski definition) is 5. The van der Waals surface area contributed by atoms with Crippen LogP contribution in [0.1, 0.15) is 43.9 Å². The fourth-order valence-corrected chi connectivity index (χ4v) is 4.92. The molecule has 1 atom stereocenters. The molecule has 1 unspecified atom stereocenters. The van der Waals surface area contributed by atoms with Crippen LogP contribution in [0.4, 0.5) is 0 Å². The van der Waals surface area contributed by atoms with Gasteiger partial charge in [-0.1, -0.05) is 6.07 Å². The largest absolute Gasteiger partial charge is 0.381 e. The molecule has 2 aliphatic rings. The van der Waals surface area contributed by atoms with E-state index in [2.05, 4.69) is 40.0 Å². The summed E-state index contributed by atoms with van der Waals surface area (Å²) in [5.74, 6) is 2.27. The van der Waals surface area contributed by atoms with Gasteiger partial charge >= 0.3 is 0 Å². The number of nitrogens with one attached hydrogen (secondary N) is 2. The molecule has 0 amide bonds. The molecular formula is C23H41IN4O2S. The van der Waals surface area contributed by atoms with E-state index < -0.39 is 0 Å². The summed E-state index contributed by atoms with van der Waals surface area (Å²) in [5.41, 5.74) is 0. The Balaban J connectivity index is 0.00000341. The zero-order valence-electron chi connectivity index (χ0n) is 19.0. The molecule has 3 rings (SSSR count). The van der Waals surface area contributed by atoms with Crippen molar-refractivity contribution in [2.45, 2.75) is 45.6 Å². The Morgan fingerprint density at radius 3 is 2.90 bits per heavy atom. The van der Waals surface area contributed by atoms with Crippen LogP contribution in [0.2, 0.25) is 0 Å². The summed E-state index contributed by atoms with van der Waals surface area (Å²) in [4.78, 5) is 8.93. The van der Waals surface area contributed by atoms with Gasteiger partial charge in [0.25, 0.3) is 0 Å². The number of piperidine rings is 1. The van der Waals surface area contributed by atoms with Crippen molar-refractivity contribution >= 4 is 41.3 Å². The molecule has 0 aromatic carbocycles. The number of guanidine groups is 1. The monoisotopic (exact) mass is 564 g/mol. The summed E-state index contributed by atoms with van der Waals surface area (Å²) >= 11 is 1.86. The van der Waals surface area contributed by atoms with Gasteiger partial charge in [-0.15, -0.1) is 35.3 Å². The third-order valence-electron chi connectivity index (χ3n) is 5.87. The van der Waals surface area contributed by atoms with Crippen LogP contribution in [0.25, 0.3) is 0 Å². The zero-order chi connectivity index (χ0) is 20.9. The van der Waals surface area contributed by atoms with E-state index >= 15 is 0 Å². The van der Waals surface area contributed by atoms with Crippen LogP contribution >= 0.6 is 35.3 Å². The minimum absolute atomic E-state index is 0. The normalized spacial score (nSPS) is 20.9. The quantitative estimate of drug-likeness (QED) is 0.185. The van der Waals surface area contributed by atoms with E-state index in [4.69, 9.17) is 14.5 Å². The van der Waals surface area contributed by atoms with Gasteiger partial charge in [0.15, 0.2) is 5.96 Å². The molecule has 0 bridgehead atoms.